The molecule has 0 aliphatic heterocycles. The first-order valence-corrected chi connectivity index (χ1v) is 7.80. The van der Waals surface area contributed by atoms with E-state index < -0.39 is 5.97 Å². The van der Waals surface area contributed by atoms with E-state index >= 15 is 0 Å². The lowest BCUT2D eigenvalue weighted by molar-refractivity contribution is -0.146. The van der Waals surface area contributed by atoms with E-state index in [0.29, 0.717) is 12.3 Å². The minimum absolute atomic E-state index is 0.115. The monoisotopic (exact) mass is 327 g/mol. The van der Waals surface area contributed by atoms with Crippen LogP contribution in [0.3, 0.4) is 0 Å². The maximum absolute atomic E-state index is 11.8. The minimum Gasteiger partial charge on any atom is -0.494 e. The van der Waals surface area contributed by atoms with Crippen molar-refractivity contribution >= 4 is 17.6 Å². The van der Waals surface area contributed by atoms with E-state index in [9.17, 15) is 9.59 Å². The fraction of sp³-hybridized carbons (Fsp3) is 0.263. The molecule has 2 rings (SSSR count). The maximum Gasteiger partial charge on any atom is 0.310 e. The molecule has 0 saturated heterocycles. The molecule has 0 radical (unpaired) electrons. The lowest BCUT2D eigenvalue weighted by Gasteiger charge is -2.07. The van der Waals surface area contributed by atoms with Gasteiger partial charge in [0.2, 0.25) is 0 Å². The van der Waals surface area contributed by atoms with Crippen LogP contribution in [-0.2, 0) is 20.7 Å². The van der Waals surface area contributed by atoms with Gasteiger partial charge < -0.3 is 14.8 Å². The van der Waals surface area contributed by atoms with Crippen LogP contribution in [0.5, 0.6) is 5.75 Å². The molecule has 24 heavy (non-hydrogen) atoms. The number of esters is 1. The average Bonchev–Trinajstić information content (AvgIpc) is 2.57. The average molecular weight is 327 g/mol. The number of hydrogen-bond donors (Lipinski definition) is 1. The molecular weight excluding hydrogens is 306 g/mol. The summed E-state index contributed by atoms with van der Waals surface area (Å²) in [6, 6.07) is 14.6. The molecule has 0 aliphatic rings. The molecule has 2 aromatic rings. The van der Waals surface area contributed by atoms with E-state index in [-0.39, 0.29) is 18.9 Å². The van der Waals surface area contributed by atoms with Crippen molar-refractivity contribution in [3.63, 3.8) is 0 Å². The van der Waals surface area contributed by atoms with Crippen LogP contribution >= 0.6 is 0 Å². The molecule has 0 fully saturated rings. The fourth-order valence-electron chi connectivity index (χ4n) is 2.07. The summed E-state index contributed by atoms with van der Waals surface area (Å²) >= 11 is 0. The fourth-order valence-corrected chi connectivity index (χ4v) is 2.07. The Morgan fingerprint density at radius 3 is 2.29 bits per heavy atom. The van der Waals surface area contributed by atoms with Crippen molar-refractivity contribution in [2.24, 2.45) is 0 Å². The molecule has 0 unspecified atom stereocenters. The highest BCUT2D eigenvalue weighted by molar-refractivity contribution is 5.92. The zero-order chi connectivity index (χ0) is 17.4. The first kappa shape index (κ1) is 17.5. The van der Waals surface area contributed by atoms with Crippen LogP contribution in [0.4, 0.5) is 5.69 Å². The third-order valence-electron chi connectivity index (χ3n) is 3.28. The molecular formula is C19H21NO4. The van der Waals surface area contributed by atoms with Crippen LogP contribution in [-0.4, -0.2) is 25.1 Å². The van der Waals surface area contributed by atoms with Crippen LogP contribution in [0.15, 0.2) is 48.5 Å². The van der Waals surface area contributed by atoms with Gasteiger partial charge >= 0.3 is 5.97 Å². The van der Waals surface area contributed by atoms with Gasteiger partial charge in [0.15, 0.2) is 6.61 Å². The third kappa shape index (κ3) is 5.76. The second kappa shape index (κ2) is 8.72. The van der Waals surface area contributed by atoms with Crippen molar-refractivity contribution in [2.45, 2.75) is 20.3 Å². The largest absolute Gasteiger partial charge is 0.494 e. The van der Waals surface area contributed by atoms with Crippen LogP contribution < -0.4 is 10.1 Å². The molecule has 0 saturated carbocycles. The number of benzene rings is 2. The van der Waals surface area contributed by atoms with Gasteiger partial charge in [-0.25, -0.2) is 0 Å². The Hall–Kier alpha value is -2.82. The van der Waals surface area contributed by atoms with Gasteiger partial charge in [0, 0.05) is 5.69 Å². The highest BCUT2D eigenvalue weighted by atomic mass is 16.5. The number of amides is 1. The van der Waals surface area contributed by atoms with Gasteiger partial charge in [-0.05, 0) is 43.7 Å². The van der Waals surface area contributed by atoms with E-state index in [1.807, 2.05) is 26.0 Å². The minimum atomic E-state index is -0.446. The summed E-state index contributed by atoms with van der Waals surface area (Å²) in [7, 11) is 0. The van der Waals surface area contributed by atoms with Crippen molar-refractivity contribution in [1.82, 2.24) is 0 Å². The molecule has 2 aromatic carbocycles. The molecule has 1 N–H and O–H groups in total. The van der Waals surface area contributed by atoms with Crippen LogP contribution in [0.25, 0.3) is 0 Å². The van der Waals surface area contributed by atoms with E-state index in [2.05, 4.69) is 5.32 Å². The Morgan fingerprint density at radius 1 is 1.00 bits per heavy atom. The van der Waals surface area contributed by atoms with Crippen molar-refractivity contribution in [1.29, 1.82) is 0 Å². The van der Waals surface area contributed by atoms with Crippen LogP contribution in [0, 0.1) is 6.92 Å². The van der Waals surface area contributed by atoms with Crippen LogP contribution in [0.2, 0.25) is 0 Å². The topological polar surface area (TPSA) is 64.6 Å². The molecule has 1 amide bonds. The second-order valence-corrected chi connectivity index (χ2v) is 5.33. The van der Waals surface area contributed by atoms with E-state index in [0.717, 1.165) is 16.9 Å². The predicted octanol–water partition coefficient (Wildman–Crippen LogP) is 3.12. The summed E-state index contributed by atoms with van der Waals surface area (Å²) in [6.45, 7) is 4.17. The number of hydrogen-bond acceptors (Lipinski definition) is 4. The lowest BCUT2D eigenvalue weighted by atomic mass is 10.1. The number of anilines is 1. The Labute approximate surface area is 141 Å². The number of nitrogens with one attached hydrogen (secondary N) is 1. The number of carbonyl (C=O) groups excluding carboxylic acids is 2. The van der Waals surface area contributed by atoms with E-state index in [4.69, 9.17) is 9.47 Å². The number of aryl methyl sites for hydroxylation is 1. The molecule has 0 aromatic heterocycles. The SMILES string of the molecule is CCOc1ccc(CC(=O)OCC(=O)Nc2ccc(C)cc2)cc1. The number of carbonyl (C=O) groups is 2. The Bertz CT molecular complexity index is 678. The molecule has 5 heteroatoms. The van der Waals surface area contributed by atoms with Gasteiger partial charge in [0.1, 0.15) is 5.75 Å². The zero-order valence-electron chi connectivity index (χ0n) is 13.9. The quantitative estimate of drug-likeness (QED) is 0.794. The van der Waals surface area contributed by atoms with Gasteiger partial charge in [-0.2, -0.15) is 0 Å². The Morgan fingerprint density at radius 2 is 1.67 bits per heavy atom. The predicted molar refractivity (Wildman–Crippen MR) is 92.1 cm³/mol. The Kier molecular flexibility index (Phi) is 6.37. The van der Waals surface area contributed by atoms with Gasteiger partial charge in [-0.1, -0.05) is 29.8 Å². The molecule has 0 aliphatic carbocycles. The summed E-state index contributed by atoms with van der Waals surface area (Å²) < 4.78 is 10.3. The van der Waals surface area contributed by atoms with Gasteiger partial charge in [0.25, 0.3) is 5.91 Å². The highest BCUT2D eigenvalue weighted by Crippen LogP contribution is 2.13. The standard InChI is InChI=1S/C19H21NO4/c1-3-23-17-10-6-15(7-11-17)12-19(22)24-13-18(21)20-16-8-4-14(2)5-9-16/h4-11H,3,12-13H2,1-2H3,(H,20,21). The summed E-state index contributed by atoms with van der Waals surface area (Å²) in [5, 5.41) is 2.68. The first-order valence-electron chi connectivity index (χ1n) is 7.80. The van der Waals surface area contributed by atoms with Crippen molar-refractivity contribution in [2.75, 3.05) is 18.5 Å². The third-order valence-corrected chi connectivity index (χ3v) is 3.28. The summed E-state index contributed by atoms with van der Waals surface area (Å²) in [5.41, 5.74) is 2.59. The Balaban J connectivity index is 1.75. The van der Waals surface area contributed by atoms with Gasteiger partial charge in [-0.15, -0.1) is 0 Å². The smallest absolute Gasteiger partial charge is 0.310 e. The molecule has 0 atom stereocenters. The summed E-state index contributed by atoms with van der Waals surface area (Å²) in [6.07, 6.45) is 0.115. The van der Waals surface area contributed by atoms with Gasteiger partial charge in [0.05, 0.1) is 13.0 Å². The van der Waals surface area contributed by atoms with Gasteiger partial charge in [-0.3, -0.25) is 9.59 Å². The molecule has 0 spiro atoms. The summed E-state index contributed by atoms with van der Waals surface area (Å²) in [5.74, 6) is -0.0517. The molecule has 0 heterocycles. The molecule has 5 nitrogen and oxygen atoms in total. The van der Waals surface area contributed by atoms with E-state index in [1.54, 1.807) is 36.4 Å². The van der Waals surface area contributed by atoms with Crippen LogP contribution in [0.1, 0.15) is 18.1 Å². The molecule has 126 valence electrons. The second-order valence-electron chi connectivity index (χ2n) is 5.33. The number of ether oxygens (including phenoxy) is 2. The van der Waals surface area contributed by atoms with Crippen molar-refractivity contribution in [3.05, 3.63) is 59.7 Å². The first-order chi connectivity index (χ1) is 11.6. The maximum atomic E-state index is 11.8. The summed E-state index contributed by atoms with van der Waals surface area (Å²) in [4.78, 5) is 23.6. The number of rotatable bonds is 7. The highest BCUT2D eigenvalue weighted by Gasteiger charge is 2.09. The van der Waals surface area contributed by atoms with E-state index in [1.165, 1.54) is 0 Å². The normalized spacial score (nSPS) is 10.1. The van der Waals surface area contributed by atoms with Crippen molar-refractivity contribution in [3.8, 4) is 5.75 Å². The van der Waals surface area contributed by atoms with Crippen molar-refractivity contribution < 1.29 is 19.1 Å². The lowest BCUT2D eigenvalue weighted by Crippen LogP contribution is -2.21. The zero-order valence-corrected chi connectivity index (χ0v) is 13.9. The molecule has 0 bridgehead atoms.